The van der Waals surface area contributed by atoms with Crippen molar-refractivity contribution in [1.82, 2.24) is 15.0 Å². The number of aromatic nitrogens is 3. The number of rotatable bonds is 6. The quantitative estimate of drug-likeness (QED) is 0.544. The SMILES string of the molecule is COc1cc(-c2nc(N3CCOCC3)nc(N3Cc4ccccc4C[C@H]3CO)n2)cc(OC)c1O. The maximum Gasteiger partial charge on any atom is 0.231 e. The fraction of sp³-hybridized carbons (Fsp3) is 0.400. The third-order valence-corrected chi connectivity index (χ3v) is 6.47. The Morgan fingerprint density at radius 1 is 0.971 bits per heavy atom. The highest BCUT2D eigenvalue weighted by molar-refractivity contribution is 5.68. The van der Waals surface area contributed by atoms with E-state index in [1.165, 1.54) is 25.3 Å². The van der Waals surface area contributed by atoms with E-state index < -0.39 is 0 Å². The van der Waals surface area contributed by atoms with Gasteiger partial charge in [-0.15, -0.1) is 0 Å². The highest BCUT2D eigenvalue weighted by Gasteiger charge is 2.29. The number of morpholine rings is 1. The lowest BCUT2D eigenvalue weighted by molar-refractivity contribution is 0.122. The van der Waals surface area contributed by atoms with Crippen molar-refractivity contribution in [1.29, 1.82) is 0 Å². The smallest absolute Gasteiger partial charge is 0.231 e. The van der Waals surface area contributed by atoms with Crippen molar-refractivity contribution in [2.24, 2.45) is 0 Å². The monoisotopic (exact) mass is 479 g/mol. The second-order valence-electron chi connectivity index (χ2n) is 8.52. The minimum absolute atomic E-state index is 0.0247. The van der Waals surface area contributed by atoms with E-state index in [1.807, 2.05) is 17.0 Å². The Balaban J connectivity index is 1.62. The number of fused-ring (bicyclic) bond motifs is 1. The van der Waals surface area contributed by atoms with Crippen LogP contribution in [0, 0.1) is 0 Å². The lowest BCUT2D eigenvalue weighted by atomic mass is 9.94. The van der Waals surface area contributed by atoms with Crippen molar-refractivity contribution in [2.75, 3.05) is 56.9 Å². The molecule has 3 heterocycles. The Morgan fingerprint density at radius 3 is 2.29 bits per heavy atom. The van der Waals surface area contributed by atoms with Gasteiger partial charge in [-0.25, -0.2) is 0 Å². The summed E-state index contributed by atoms with van der Waals surface area (Å²) in [5.41, 5.74) is 3.02. The zero-order valence-electron chi connectivity index (χ0n) is 19.8. The molecule has 10 nitrogen and oxygen atoms in total. The minimum Gasteiger partial charge on any atom is -0.502 e. The summed E-state index contributed by atoms with van der Waals surface area (Å²) in [6.07, 6.45) is 0.696. The van der Waals surface area contributed by atoms with E-state index in [4.69, 9.17) is 29.2 Å². The molecule has 2 N–H and O–H groups in total. The Morgan fingerprint density at radius 2 is 1.63 bits per heavy atom. The van der Waals surface area contributed by atoms with Crippen molar-refractivity contribution in [2.45, 2.75) is 19.0 Å². The van der Waals surface area contributed by atoms with Gasteiger partial charge in [-0.2, -0.15) is 15.0 Å². The number of hydrogen-bond donors (Lipinski definition) is 2. The van der Waals surface area contributed by atoms with Crippen LogP contribution in [0.5, 0.6) is 17.2 Å². The molecule has 10 heteroatoms. The zero-order chi connectivity index (χ0) is 24.4. The van der Waals surface area contributed by atoms with Crippen molar-refractivity contribution in [3.63, 3.8) is 0 Å². The predicted octanol–water partition coefficient (Wildman–Crippen LogP) is 2.02. The van der Waals surface area contributed by atoms with E-state index in [2.05, 4.69) is 17.0 Å². The van der Waals surface area contributed by atoms with E-state index >= 15 is 0 Å². The van der Waals surface area contributed by atoms with Gasteiger partial charge >= 0.3 is 0 Å². The molecule has 1 saturated heterocycles. The molecule has 0 saturated carbocycles. The van der Waals surface area contributed by atoms with Crippen LogP contribution in [-0.2, 0) is 17.7 Å². The number of anilines is 2. The van der Waals surface area contributed by atoms with Gasteiger partial charge in [0.15, 0.2) is 17.3 Å². The molecule has 3 aromatic rings. The number of methoxy groups -OCH3 is 2. The fourth-order valence-corrected chi connectivity index (χ4v) is 4.52. The van der Waals surface area contributed by atoms with Crippen LogP contribution in [0.4, 0.5) is 11.9 Å². The topological polar surface area (TPSA) is 113 Å². The van der Waals surface area contributed by atoms with E-state index in [1.54, 1.807) is 12.1 Å². The second-order valence-corrected chi connectivity index (χ2v) is 8.52. The number of ether oxygens (including phenoxy) is 3. The van der Waals surface area contributed by atoms with Gasteiger partial charge in [0.1, 0.15) is 0 Å². The summed E-state index contributed by atoms with van der Waals surface area (Å²) in [6, 6.07) is 11.4. The van der Waals surface area contributed by atoms with Gasteiger partial charge in [0.05, 0.1) is 40.1 Å². The van der Waals surface area contributed by atoms with E-state index in [0.717, 1.165) is 0 Å². The van der Waals surface area contributed by atoms with Gasteiger partial charge in [0.2, 0.25) is 17.6 Å². The van der Waals surface area contributed by atoms with Crippen LogP contribution in [0.3, 0.4) is 0 Å². The molecule has 2 aromatic carbocycles. The Labute approximate surface area is 203 Å². The Hall–Kier alpha value is -3.63. The third-order valence-electron chi connectivity index (χ3n) is 6.47. The minimum atomic E-state index is -0.165. The molecule has 1 fully saturated rings. The molecule has 0 radical (unpaired) electrons. The molecular weight excluding hydrogens is 450 g/mol. The molecule has 2 aliphatic heterocycles. The largest absolute Gasteiger partial charge is 0.502 e. The third kappa shape index (κ3) is 4.54. The van der Waals surface area contributed by atoms with Crippen LogP contribution < -0.4 is 19.3 Å². The normalized spacial score (nSPS) is 17.7. The number of phenols is 1. The van der Waals surface area contributed by atoms with Gasteiger partial charge in [-0.05, 0) is 29.7 Å². The number of aromatic hydroxyl groups is 1. The molecule has 1 aromatic heterocycles. The molecule has 0 bridgehead atoms. The standard InChI is InChI=1S/C25H29N5O5/c1-33-20-12-18(13-21(34-2)22(20)32)23-26-24(29-7-9-35-10-8-29)28-25(27-23)30-14-17-6-4-3-5-16(17)11-19(30)15-31/h3-6,12-13,19,31-32H,7-11,14-15H2,1-2H3/t19-/m0/s1. The molecule has 0 unspecified atom stereocenters. The van der Waals surface area contributed by atoms with Crippen molar-refractivity contribution < 1.29 is 24.4 Å². The summed E-state index contributed by atoms with van der Waals surface area (Å²) in [5.74, 6) is 1.87. The molecule has 0 amide bonds. The van der Waals surface area contributed by atoms with Crippen LogP contribution in [-0.4, -0.2) is 78.3 Å². The first-order valence-electron chi connectivity index (χ1n) is 11.6. The first-order chi connectivity index (χ1) is 17.1. The van der Waals surface area contributed by atoms with Crippen molar-refractivity contribution >= 4 is 11.9 Å². The van der Waals surface area contributed by atoms with Crippen molar-refractivity contribution in [3.8, 4) is 28.6 Å². The summed E-state index contributed by atoms with van der Waals surface area (Å²) in [6.45, 7) is 3.06. The van der Waals surface area contributed by atoms with Gasteiger partial charge in [-0.3, -0.25) is 0 Å². The highest BCUT2D eigenvalue weighted by atomic mass is 16.5. The number of phenolic OH excluding ortho intramolecular Hbond substituents is 1. The lowest BCUT2D eigenvalue weighted by Gasteiger charge is -2.36. The number of benzene rings is 2. The first kappa shape index (κ1) is 23.1. The molecule has 184 valence electrons. The average Bonchev–Trinajstić information content (AvgIpc) is 2.92. The Bertz CT molecular complexity index is 1180. The van der Waals surface area contributed by atoms with Crippen LogP contribution in [0.15, 0.2) is 36.4 Å². The van der Waals surface area contributed by atoms with E-state index in [-0.39, 0.29) is 29.9 Å². The molecule has 0 aliphatic carbocycles. The van der Waals surface area contributed by atoms with Gasteiger partial charge in [0, 0.05) is 25.2 Å². The number of aliphatic hydroxyl groups excluding tert-OH is 1. The summed E-state index contributed by atoms with van der Waals surface area (Å²) in [4.78, 5) is 18.5. The van der Waals surface area contributed by atoms with Gasteiger partial charge in [-0.1, -0.05) is 24.3 Å². The summed E-state index contributed by atoms with van der Waals surface area (Å²) >= 11 is 0. The van der Waals surface area contributed by atoms with Gasteiger partial charge in [0.25, 0.3) is 0 Å². The first-order valence-corrected chi connectivity index (χ1v) is 11.6. The average molecular weight is 480 g/mol. The van der Waals surface area contributed by atoms with Crippen LogP contribution in [0.1, 0.15) is 11.1 Å². The zero-order valence-corrected chi connectivity index (χ0v) is 19.8. The molecule has 2 aliphatic rings. The maximum atomic E-state index is 10.4. The van der Waals surface area contributed by atoms with E-state index in [0.29, 0.717) is 62.6 Å². The number of hydrogen-bond acceptors (Lipinski definition) is 10. The highest BCUT2D eigenvalue weighted by Crippen LogP contribution is 2.40. The summed E-state index contributed by atoms with van der Waals surface area (Å²) in [7, 11) is 2.96. The fourth-order valence-electron chi connectivity index (χ4n) is 4.52. The predicted molar refractivity (Wildman–Crippen MR) is 130 cm³/mol. The van der Waals surface area contributed by atoms with Crippen LogP contribution in [0.25, 0.3) is 11.4 Å². The van der Waals surface area contributed by atoms with Crippen LogP contribution in [0.2, 0.25) is 0 Å². The summed E-state index contributed by atoms with van der Waals surface area (Å²) < 4.78 is 16.2. The summed E-state index contributed by atoms with van der Waals surface area (Å²) in [5, 5.41) is 20.6. The maximum absolute atomic E-state index is 10.4. The number of aliphatic hydroxyl groups is 1. The second kappa shape index (κ2) is 9.93. The van der Waals surface area contributed by atoms with E-state index in [9.17, 15) is 10.2 Å². The molecule has 5 rings (SSSR count). The van der Waals surface area contributed by atoms with Crippen molar-refractivity contribution in [3.05, 3.63) is 47.5 Å². The molecule has 35 heavy (non-hydrogen) atoms. The molecular formula is C25H29N5O5. The Kier molecular flexibility index (Phi) is 6.56. The van der Waals surface area contributed by atoms with Gasteiger partial charge < -0.3 is 34.2 Å². The molecule has 1 atom stereocenters. The molecule has 0 spiro atoms. The lowest BCUT2D eigenvalue weighted by Crippen LogP contribution is -2.44. The number of nitrogens with zero attached hydrogens (tertiary/aromatic N) is 5. The van der Waals surface area contributed by atoms with Crippen LogP contribution >= 0.6 is 0 Å².